The zero-order valence-electron chi connectivity index (χ0n) is 13.9. The van der Waals surface area contributed by atoms with E-state index in [0.717, 1.165) is 0 Å². The first-order valence-electron chi connectivity index (χ1n) is 7.68. The third-order valence-corrected chi connectivity index (χ3v) is 3.23. The maximum absolute atomic E-state index is 13.4. The highest BCUT2D eigenvalue weighted by Gasteiger charge is 2.04. The van der Waals surface area contributed by atoms with Crippen molar-refractivity contribution in [2.45, 2.75) is 13.5 Å². The first-order chi connectivity index (χ1) is 12.0. The van der Waals surface area contributed by atoms with Gasteiger partial charge in [0, 0.05) is 6.54 Å². The Labute approximate surface area is 145 Å². The largest absolute Gasteiger partial charge is 0.486 e. The molecule has 132 valence electrons. The third kappa shape index (κ3) is 6.50. The van der Waals surface area contributed by atoms with E-state index in [9.17, 15) is 9.18 Å². The topological polar surface area (TPSA) is 85.9 Å². The van der Waals surface area contributed by atoms with Gasteiger partial charge >= 0.3 is 0 Å². The highest BCUT2D eigenvalue weighted by Crippen LogP contribution is 2.09. The van der Waals surface area contributed by atoms with Crippen LogP contribution in [-0.2, 0) is 16.2 Å². The lowest BCUT2D eigenvalue weighted by atomic mass is 10.1. The summed E-state index contributed by atoms with van der Waals surface area (Å²) in [6, 6.07) is 13.9. The summed E-state index contributed by atoms with van der Waals surface area (Å²) in [6.07, 6.45) is 0. The molecule has 0 saturated heterocycles. The van der Waals surface area contributed by atoms with Crippen LogP contribution < -0.4 is 15.8 Å². The number of oxime groups is 1. The van der Waals surface area contributed by atoms with Crippen molar-refractivity contribution >= 4 is 11.7 Å². The summed E-state index contributed by atoms with van der Waals surface area (Å²) in [5, 5.41) is 6.21. The number of amidine groups is 1. The molecule has 2 rings (SSSR count). The van der Waals surface area contributed by atoms with E-state index in [0.29, 0.717) is 16.9 Å². The summed E-state index contributed by atoms with van der Waals surface area (Å²) in [5.74, 6) is 0.0706. The van der Waals surface area contributed by atoms with Gasteiger partial charge in [-0.05, 0) is 36.2 Å². The average Bonchev–Trinajstić information content (AvgIpc) is 2.62. The Morgan fingerprint density at radius 2 is 1.96 bits per heavy atom. The van der Waals surface area contributed by atoms with Gasteiger partial charge in [-0.25, -0.2) is 4.39 Å². The van der Waals surface area contributed by atoms with Crippen LogP contribution in [0.4, 0.5) is 4.39 Å². The SMILES string of the molecule is Cc1ccc(CNC(=O)CO/N=C(\N)COc2ccccc2)cc1F. The van der Waals surface area contributed by atoms with Gasteiger partial charge < -0.3 is 20.6 Å². The molecule has 0 aliphatic carbocycles. The van der Waals surface area contributed by atoms with Crippen molar-refractivity contribution in [1.29, 1.82) is 0 Å². The predicted octanol–water partition coefficient (Wildman–Crippen LogP) is 2.12. The van der Waals surface area contributed by atoms with Crippen LogP contribution in [0.15, 0.2) is 53.7 Å². The molecule has 0 atom stereocenters. The minimum absolute atomic E-state index is 0.0499. The second-order valence-corrected chi connectivity index (χ2v) is 5.32. The number of amides is 1. The van der Waals surface area contributed by atoms with E-state index >= 15 is 0 Å². The fourth-order valence-electron chi connectivity index (χ4n) is 1.87. The number of aryl methyl sites for hydroxylation is 1. The minimum atomic E-state index is -0.387. The normalized spacial score (nSPS) is 11.0. The van der Waals surface area contributed by atoms with Gasteiger partial charge in [-0.2, -0.15) is 0 Å². The number of nitrogens with two attached hydrogens (primary N) is 1. The lowest BCUT2D eigenvalue weighted by Gasteiger charge is -2.07. The zero-order chi connectivity index (χ0) is 18.1. The molecule has 0 aliphatic rings. The van der Waals surface area contributed by atoms with Crippen molar-refractivity contribution in [3.63, 3.8) is 0 Å². The minimum Gasteiger partial charge on any atom is -0.486 e. The van der Waals surface area contributed by atoms with Crippen molar-refractivity contribution in [2.24, 2.45) is 10.9 Å². The van der Waals surface area contributed by atoms with E-state index in [4.69, 9.17) is 15.3 Å². The van der Waals surface area contributed by atoms with Crippen molar-refractivity contribution in [3.05, 3.63) is 65.5 Å². The molecule has 2 aromatic carbocycles. The van der Waals surface area contributed by atoms with Crippen molar-refractivity contribution in [1.82, 2.24) is 5.32 Å². The van der Waals surface area contributed by atoms with E-state index in [-0.39, 0.29) is 37.3 Å². The fourth-order valence-corrected chi connectivity index (χ4v) is 1.87. The molecule has 0 heterocycles. The van der Waals surface area contributed by atoms with Crippen molar-refractivity contribution in [3.8, 4) is 5.75 Å². The molecule has 7 heteroatoms. The highest BCUT2D eigenvalue weighted by atomic mass is 19.1. The molecule has 0 bridgehead atoms. The van der Waals surface area contributed by atoms with Gasteiger partial charge in [-0.15, -0.1) is 0 Å². The molecular weight excluding hydrogens is 325 g/mol. The number of rotatable bonds is 8. The van der Waals surface area contributed by atoms with E-state index < -0.39 is 0 Å². The van der Waals surface area contributed by atoms with Crippen LogP contribution in [0.2, 0.25) is 0 Å². The Morgan fingerprint density at radius 1 is 1.20 bits per heavy atom. The number of hydrogen-bond acceptors (Lipinski definition) is 4. The predicted molar refractivity (Wildman–Crippen MR) is 92.5 cm³/mol. The molecule has 0 aliphatic heterocycles. The lowest BCUT2D eigenvalue weighted by molar-refractivity contribution is -0.125. The summed E-state index contributed by atoms with van der Waals surface area (Å²) >= 11 is 0. The maximum atomic E-state index is 13.4. The Hall–Kier alpha value is -3.09. The van der Waals surface area contributed by atoms with E-state index in [2.05, 4.69) is 10.5 Å². The average molecular weight is 345 g/mol. The Morgan fingerprint density at radius 3 is 2.68 bits per heavy atom. The zero-order valence-corrected chi connectivity index (χ0v) is 13.9. The van der Waals surface area contributed by atoms with Gasteiger partial charge in [0.2, 0.25) is 0 Å². The van der Waals surface area contributed by atoms with E-state index in [1.165, 1.54) is 6.07 Å². The third-order valence-electron chi connectivity index (χ3n) is 3.23. The second kappa shape index (κ2) is 9.27. The summed E-state index contributed by atoms with van der Waals surface area (Å²) in [4.78, 5) is 16.5. The van der Waals surface area contributed by atoms with Crippen molar-refractivity contribution < 1.29 is 18.8 Å². The summed E-state index contributed by atoms with van der Waals surface area (Å²) in [6.45, 7) is 1.64. The lowest BCUT2D eigenvalue weighted by Crippen LogP contribution is -2.27. The molecular formula is C18H20FN3O3. The molecule has 1 amide bonds. The molecule has 2 aromatic rings. The smallest absolute Gasteiger partial charge is 0.261 e. The van der Waals surface area contributed by atoms with Gasteiger partial charge in [0.05, 0.1) is 0 Å². The van der Waals surface area contributed by atoms with Gasteiger partial charge in [0.15, 0.2) is 12.4 Å². The maximum Gasteiger partial charge on any atom is 0.261 e. The number of carbonyl (C=O) groups is 1. The Kier molecular flexibility index (Phi) is 6.76. The highest BCUT2D eigenvalue weighted by molar-refractivity contribution is 5.81. The van der Waals surface area contributed by atoms with Gasteiger partial charge in [0.1, 0.15) is 18.2 Å². The van der Waals surface area contributed by atoms with Crippen LogP contribution in [0.1, 0.15) is 11.1 Å². The molecule has 6 nitrogen and oxygen atoms in total. The number of halogens is 1. The first kappa shape index (κ1) is 18.3. The second-order valence-electron chi connectivity index (χ2n) is 5.32. The Balaban J connectivity index is 1.67. The van der Waals surface area contributed by atoms with Gasteiger partial charge in [0.25, 0.3) is 5.91 Å². The number of benzene rings is 2. The van der Waals surface area contributed by atoms with E-state index in [1.54, 1.807) is 31.2 Å². The summed E-state index contributed by atoms with van der Waals surface area (Å²) in [7, 11) is 0. The number of carbonyl (C=O) groups excluding carboxylic acids is 1. The summed E-state index contributed by atoms with van der Waals surface area (Å²) < 4.78 is 18.8. The number of hydrogen-bond donors (Lipinski definition) is 2. The molecule has 25 heavy (non-hydrogen) atoms. The molecule has 0 unspecified atom stereocenters. The van der Waals surface area contributed by atoms with Crippen LogP contribution in [-0.4, -0.2) is 25.0 Å². The number of nitrogens with one attached hydrogen (secondary N) is 1. The van der Waals surface area contributed by atoms with Gasteiger partial charge in [-0.3, -0.25) is 4.79 Å². The quantitative estimate of drug-likeness (QED) is 0.436. The molecule has 0 saturated carbocycles. The molecule has 0 spiro atoms. The number of nitrogens with zero attached hydrogens (tertiary/aromatic N) is 1. The van der Waals surface area contributed by atoms with Gasteiger partial charge in [-0.1, -0.05) is 35.5 Å². The molecule has 0 aromatic heterocycles. The van der Waals surface area contributed by atoms with Crippen LogP contribution >= 0.6 is 0 Å². The summed E-state index contributed by atoms with van der Waals surface area (Å²) in [5.41, 5.74) is 6.85. The number of para-hydroxylation sites is 1. The number of ether oxygens (including phenoxy) is 1. The first-order valence-corrected chi connectivity index (χ1v) is 7.68. The monoisotopic (exact) mass is 345 g/mol. The Bertz CT molecular complexity index is 736. The van der Waals surface area contributed by atoms with Crippen LogP contribution in [0.5, 0.6) is 5.75 Å². The molecule has 0 radical (unpaired) electrons. The van der Waals surface area contributed by atoms with Crippen LogP contribution in [0.3, 0.4) is 0 Å². The standard InChI is InChI=1S/C18H20FN3O3/c1-13-7-8-14(9-16(13)19)10-21-18(23)12-25-22-17(20)11-24-15-5-3-2-4-6-15/h2-9H,10-12H2,1H3,(H2,20,22)(H,21,23). The molecule has 3 N–H and O–H groups in total. The van der Waals surface area contributed by atoms with E-state index in [1.807, 2.05) is 18.2 Å². The van der Waals surface area contributed by atoms with Crippen LogP contribution in [0, 0.1) is 12.7 Å². The fraction of sp³-hybridized carbons (Fsp3) is 0.222. The molecule has 0 fully saturated rings. The van der Waals surface area contributed by atoms with Crippen LogP contribution in [0.25, 0.3) is 0 Å². The van der Waals surface area contributed by atoms with Crippen molar-refractivity contribution in [2.75, 3.05) is 13.2 Å².